The number of hydrogen-bond acceptors (Lipinski definition) is 4. The predicted octanol–water partition coefficient (Wildman–Crippen LogP) is 3.19. The number of fused-ring (bicyclic) bond motifs is 1. The third-order valence-electron chi connectivity index (χ3n) is 3.08. The highest BCUT2D eigenvalue weighted by molar-refractivity contribution is 9.10. The van der Waals surface area contributed by atoms with Crippen molar-refractivity contribution < 1.29 is 8.42 Å². The number of rotatable bonds is 3. The van der Waals surface area contributed by atoms with E-state index in [9.17, 15) is 8.42 Å². The van der Waals surface area contributed by atoms with Crippen LogP contribution >= 0.6 is 27.5 Å². The second-order valence-electron chi connectivity index (χ2n) is 4.55. The zero-order valence-corrected chi connectivity index (χ0v) is 14.4. The highest BCUT2D eigenvalue weighted by atomic mass is 79.9. The summed E-state index contributed by atoms with van der Waals surface area (Å²) in [4.78, 5) is 4.25. The van der Waals surface area contributed by atoms with Gasteiger partial charge in [0.05, 0.1) is 27.2 Å². The maximum absolute atomic E-state index is 12.5. The summed E-state index contributed by atoms with van der Waals surface area (Å²) >= 11 is 9.19. The lowest BCUT2D eigenvalue weighted by Crippen LogP contribution is -2.13. The van der Waals surface area contributed by atoms with E-state index in [1.165, 1.54) is 18.3 Å². The van der Waals surface area contributed by atoms with E-state index in [0.29, 0.717) is 26.2 Å². The van der Waals surface area contributed by atoms with Gasteiger partial charge in [-0.2, -0.15) is 5.10 Å². The third-order valence-corrected chi connectivity index (χ3v) is 5.68. The van der Waals surface area contributed by atoms with Gasteiger partial charge in [-0.15, -0.1) is 0 Å². The number of nitrogens with zero attached hydrogens (tertiary/aromatic N) is 3. The number of sulfonamides is 1. The Morgan fingerprint density at radius 3 is 2.82 bits per heavy atom. The van der Waals surface area contributed by atoms with Gasteiger partial charge in [0.1, 0.15) is 0 Å². The first kappa shape index (κ1) is 15.3. The van der Waals surface area contributed by atoms with Crippen LogP contribution in [0.5, 0.6) is 0 Å². The summed E-state index contributed by atoms with van der Waals surface area (Å²) in [5, 5.41) is 5.02. The summed E-state index contributed by atoms with van der Waals surface area (Å²) in [6, 6.07) is 6.03. The summed E-state index contributed by atoms with van der Waals surface area (Å²) in [7, 11) is -2.02. The van der Waals surface area contributed by atoms with Crippen molar-refractivity contribution in [3.05, 3.63) is 46.2 Å². The molecule has 0 bridgehead atoms. The van der Waals surface area contributed by atoms with E-state index in [0.717, 1.165) is 0 Å². The number of pyridine rings is 1. The SMILES string of the molecule is Cn1ncc2c(NS(=O)(=O)c3ccc(Br)c(Cl)c3)ccnc21. The highest BCUT2D eigenvalue weighted by Crippen LogP contribution is 2.28. The monoisotopic (exact) mass is 400 g/mol. The van der Waals surface area contributed by atoms with Crippen LogP contribution in [0.15, 0.2) is 46.0 Å². The van der Waals surface area contributed by atoms with Gasteiger partial charge < -0.3 is 0 Å². The largest absolute Gasteiger partial charge is 0.279 e. The minimum atomic E-state index is -3.75. The number of halogens is 2. The van der Waals surface area contributed by atoms with Crippen LogP contribution < -0.4 is 4.72 Å². The Morgan fingerprint density at radius 2 is 2.09 bits per heavy atom. The zero-order chi connectivity index (χ0) is 15.9. The lowest BCUT2D eigenvalue weighted by Gasteiger charge is -2.09. The van der Waals surface area contributed by atoms with Crippen molar-refractivity contribution in [1.82, 2.24) is 14.8 Å². The number of benzene rings is 1. The molecule has 0 fully saturated rings. The topological polar surface area (TPSA) is 76.9 Å². The molecule has 0 amide bonds. The summed E-state index contributed by atoms with van der Waals surface area (Å²) in [5.41, 5.74) is 1.01. The first-order valence-electron chi connectivity index (χ1n) is 6.13. The minimum absolute atomic E-state index is 0.0783. The van der Waals surface area contributed by atoms with E-state index in [1.807, 2.05) is 0 Å². The van der Waals surface area contributed by atoms with E-state index in [2.05, 4.69) is 30.7 Å². The van der Waals surface area contributed by atoms with Gasteiger partial charge in [0, 0.05) is 17.7 Å². The summed E-state index contributed by atoms with van der Waals surface area (Å²) in [6.07, 6.45) is 3.09. The maximum atomic E-state index is 12.5. The fourth-order valence-corrected chi connectivity index (χ4v) is 3.58. The van der Waals surface area contributed by atoms with Crippen LogP contribution in [0.4, 0.5) is 5.69 Å². The molecule has 0 saturated heterocycles. The first-order chi connectivity index (χ1) is 10.4. The van der Waals surface area contributed by atoms with Crippen LogP contribution in [0.1, 0.15) is 0 Å². The summed E-state index contributed by atoms with van der Waals surface area (Å²) in [5.74, 6) is 0. The second kappa shape index (κ2) is 5.53. The quantitative estimate of drug-likeness (QED) is 0.731. The Hall–Kier alpha value is -1.64. The smallest absolute Gasteiger partial charge is 0.261 e. The number of anilines is 1. The van der Waals surface area contributed by atoms with Crippen molar-refractivity contribution in [3.8, 4) is 0 Å². The average Bonchev–Trinajstić information content (AvgIpc) is 2.84. The molecule has 0 spiro atoms. The lowest BCUT2D eigenvalue weighted by molar-refractivity contribution is 0.601. The van der Waals surface area contributed by atoms with Gasteiger partial charge in [0.15, 0.2) is 5.65 Å². The fraction of sp³-hybridized carbons (Fsp3) is 0.0769. The van der Waals surface area contributed by atoms with Crippen LogP contribution in [0.25, 0.3) is 11.0 Å². The molecule has 1 aromatic carbocycles. The molecule has 6 nitrogen and oxygen atoms in total. The Bertz CT molecular complexity index is 971. The van der Waals surface area contributed by atoms with E-state index in [4.69, 9.17) is 11.6 Å². The van der Waals surface area contributed by atoms with Gasteiger partial charge in [-0.25, -0.2) is 13.4 Å². The van der Waals surface area contributed by atoms with Gasteiger partial charge in [0.25, 0.3) is 10.0 Å². The molecular formula is C13H10BrClN4O2S. The van der Waals surface area contributed by atoms with Gasteiger partial charge >= 0.3 is 0 Å². The van der Waals surface area contributed by atoms with Gasteiger partial charge in [-0.3, -0.25) is 9.40 Å². The van der Waals surface area contributed by atoms with Crippen LogP contribution in [-0.4, -0.2) is 23.2 Å². The van der Waals surface area contributed by atoms with Gasteiger partial charge in [-0.1, -0.05) is 11.6 Å². The number of nitrogens with one attached hydrogen (secondary N) is 1. The molecule has 0 saturated carbocycles. The molecule has 3 aromatic rings. The van der Waals surface area contributed by atoms with Crippen LogP contribution in [0.2, 0.25) is 5.02 Å². The molecular weight excluding hydrogens is 392 g/mol. The molecule has 2 heterocycles. The lowest BCUT2D eigenvalue weighted by atomic mass is 10.3. The molecule has 0 aliphatic carbocycles. The van der Waals surface area contributed by atoms with Crippen LogP contribution in [0.3, 0.4) is 0 Å². The van der Waals surface area contributed by atoms with Crippen molar-refractivity contribution >= 4 is 54.3 Å². The van der Waals surface area contributed by atoms with Crippen molar-refractivity contribution in [2.24, 2.45) is 7.05 Å². The van der Waals surface area contributed by atoms with Gasteiger partial charge in [0.2, 0.25) is 0 Å². The van der Waals surface area contributed by atoms with Crippen molar-refractivity contribution in [1.29, 1.82) is 0 Å². The molecule has 0 aliphatic heterocycles. The molecule has 0 atom stereocenters. The van der Waals surface area contributed by atoms with Gasteiger partial charge in [-0.05, 0) is 40.2 Å². The Kier molecular flexibility index (Phi) is 3.84. The zero-order valence-electron chi connectivity index (χ0n) is 11.3. The van der Waals surface area contributed by atoms with Crippen LogP contribution in [0, 0.1) is 0 Å². The molecule has 3 rings (SSSR count). The number of aromatic nitrogens is 3. The minimum Gasteiger partial charge on any atom is -0.279 e. The molecule has 0 aliphatic rings. The third kappa shape index (κ3) is 2.69. The van der Waals surface area contributed by atoms with Crippen molar-refractivity contribution in [2.75, 3.05) is 4.72 Å². The Labute approximate surface area is 140 Å². The molecule has 9 heteroatoms. The van der Waals surface area contributed by atoms with E-state index in [1.54, 1.807) is 30.1 Å². The summed E-state index contributed by atoms with van der Waals surface area (Å²) < 4.78 is 29.7. The standard InChI is InChI=1S/C13H10BrClN4O2S/c1-19-13-9(7-17-19)12(4-5-16-13)18-22(20,21)8-2-3-10(14)11(15)6-8/h2-7H,1H3,(H,16,18). The maximum Gasteiger partial charge on any atom is 0.261 e. The normalized spacial score (nSPS) is 11.8. The number of aryl methyl sites for hydroxylation is 1. The number of hydrogen-bond donors (Lipinski definition) is 1. The Balaban J connectivity index is 2.05. The molecule has 114 valence electrons. The summed E-state index contributed by atoms with van der Waals surface area (Å²) in [6.45, 7) is 0. The fourth-order valence-electron chi connectivity index (χ4n) is 1.98. The molecule has 1 N–H and O–H groups in total. The van der Waals surface area contributed by atoms with Crippen molar-refractivity contribution in [2.45, 2.75) is 4.90 Å². The second-order valence-corrected chi connectivity index (χ2v) is 7.49. The Morgan fingerprint density at radius 1 is 1.32 bits per heavy atom. The van der Waals surface area contributed by atoms with Crippen LogP contribution in [-0.2, 0) is 17.1 Å². The molecule has 0 radical (unpaired) electrons. The molecule has 22 heavy (non-hydrogen) atoms. The highest BCUT2D eigenvalue weighted by Gasteiger charge is 2.17. The first-order valence-corrected chi connectivity index (χ1v) is 8.78. The van der Waals surface area contributed by atoms with E-state index >= 15 is 0 Å². The molecule has 0 unspecified atom stereocenters. The predicted molar refractivity (Wildman–Crippen MR) is 88.5 cm³/mol. The van der Waals surface area contributed by atoms with E-state index < -0.39 is 10.0 Å². The van der Waals surface area contributed by atoms with Crippen molar-refractivity contribution in [3.63, 3.8) is 0 Å². The van der Waals surface area contributed by atoms with E-state index in [-0.39, 0.29) is 4.90 Å². The molecule has 2 aromatic heterocycles. The average molecular weight is 402 g/mol.